The smallest absolute Gasteiger partial charge is 0.223 e. The van der Waals surface area contributed by atoms with Gasteiger partial charge in [-0.05, 0) is 38.5 Å². The molecule has 0 heterocycles. The van der Waals surface area contributed by atoms with Crippen LogP contribution in [0.4, 0.5) is 0 Å². The van der Waals surface area contributed by atoms with Gasteiger partial charge < -0.3 is 10.6 Å². The molecule has 1 unspecified atom stereocenters. The van der Waals surface area contributed by atoms with E-state index >= 15 is 0 Å². The van der Waals surface area contributed by atoms with E-state index in [-0.39, 0.29) is 5.91 Å². The molecule has 0 saturated heterocycles. The Balaban J connectivity index is 1.47. The van der Waals surface area contributed by atoms with Crippen LogP contribution in [-0.2, 0) is 4.79 Å². The minimum Gasteiger partial charge on any atom is -0.355 e. The van der Waals surface area contributed by atoms with Gasteiger partial charge in [0.15, 0.2) is 0 Å². The molecule has 0 bridgehead atoms. The van der Waals surface area contributed by atoms with Crippen LogP contribution in [0, 0.1) is 11.8 Å². The zero-order chi connectivity index (χ0) is 9.97. The highest BCUT2D eigenvalue weighted by molar-refractivity contribution is 5.80. The van der Waals surface area contributed by atoms with Crippen molar-refractivity contribution in [1.29, 1.82) is 0 Å². The number of carbonyl (C=O) groups is 1. The molecule has 2 aliphatic rings. The Hall–Kier alpha value is -0.570. The standard InChI is InChI=1S/C11H20N2O/c1-8(9-2-3-9)12-6-7-13-11(14)10-4-5-10/h8-10,12H,2-7H2,1H3,(H,13,14). The van der Waals surface area contributed by atoms with E-state index in [0.717, 1.165) is 31.8 Å². The molecule has 80 valence electrons. The lowest BCUT2D eigenvalue weighted by Crippen LogP contribution is -2.37. The molecule has 1 amide bonds. The van der Waals surface area contributed by atoms with Crippen LogP contribution in [0.25, 0.3) is 0 Å². The molecule has 0 spiro atoms. The van der Waals surface area contributed by atoms with E-state index in [0.29, 0.717) is 12.0 Å². The topological polar surface area (TPSA) is 41.1 Å². The highest BCUT2D eigenvalue weighted by Gasteiger charge is 2.29. The summed E-state index contributed by atoms with van der Waals surface area (Å²) in [5.41, 5.74) is 0. The number of amides is 1. The lowest BCUT2D eigenvalue weighted by Gasteiger charge is -2.12. The van der Waals surface area contributed by atoms with E-state index in [9.17, 15) is 4.79 Å². The minimum absolute atomic E-state index is 0.255. The minimum atomic E-state index is 0.255. The SMILES string of the molecule is CC(NCCNC(=O)C1CC1)C1CC1. The number of carbonyl (C=O) groups excluding carboxylic acids is 1. The fourth-order valence-electron chi connectivity index (χ4n) is 1.74. The first-order chi connectivity index (χ1) is 6.77. The number of rotatable bonds is 6. The van der Waals surface area contributed by atoms with Gasteiger partial charge in [-0.2, -0.15) is 0 Å². The van der Waals surface area contributed by atoms with Crippen molar-refractivity contribution in [3.05, 3.63) is 0 Å². The Kier molecular flexibility index (Phi) is 3.06. The van der Waals surface area contributed by atoms with Crippen LogP contribution in [0.2, 0.25) is 0 Å². The van der Waals surface area contributed by atoms with Gasteiger partial charge in [-0.1, -0.05) is 0 Å². The van der Waals surface area contributed by atoms with Crippen molar-refractivity contribution in [1.82, 2.24) is 10.6 Å². The summed E-state index contributed by atoms with van der Waals surface area (Å²) in [6, 6.07) is 0.632. The highest BCUT2D eigenvalue weighted by Crippen LogP contribution is 2.32. The first-order valence-electron chi connectivity index (χ1n) is 5.78. The molecule has 2 saturated carbocycles. The van der Waals surface area contributed by atoms with Crippen molar-refractivity contribution in [2.45, 2.75) is 38.6 Å². The Bertz CT molecular complexity index is 209. The number of hydrogen-bond acceptors (Lipinski definition) is 2. The van der Waals surface area contributed by atoms with Crippen LogP contribution in [-0.4, -0.2) is 25.0 Å². The summed E-state index contributed by atoms with van der Waals surface area (Å²) in [4.78, 5) is 11.3. The van der Waals surface area contributed by atoms with E-state index in [4.69, 9.17) is 0 Å². The third-order valence-corrected chi connectivity index (χ3v) is 3.17. The second-order valence-corrected chi connectivity index (χ2v) is 4.65. The van der Waals surface area contributed by atoms with Gasteiger partial charge in [0.2, 0.25) is 5.91 Å². The van der Waals surface area contributed by atoms with E-state index in [1.54, 1.807) is 0 Å². The van der Waals surface area contributed by atoms with Gasteiger partial charge in [-0.25, -0.2) is 0 Å². The normalized spacial score (nSPS) is 23.2. The molecular formula is C11H20N2O. The molecule has 2 rings (SSSR count). The predicted octanol–water partition coefficient (Wildman–Crippen LogP) is 0.901. The third-order valence-electron chi connectivity index (χ3n) is 3.17. The third kappa shape index (κ3) is 2.98. The van der Waals surface area contributed by atoms with Gasteiger partial charge in [0.1, 0.15) is 0 Å². The molecule has 1 atom stereocenters. The summed E-state index contributed by atoms with van der Waals surface area (Å²) >= 11 is 0. The van der Waals surface area contributed by atoms with Gasteiger partial charge in [-0.3, -0.25) is 4.79 Å². The second-order valence-electron chi connectivity index (χ2n) is 4.65. The molecule has 0 aromatic carbocycles. The van der Waals surface area contributed by atoms with Crippen molar-refractivity contribution < 1.29 is 4.79 Å². The molecule has 2 N–H and O–H groups in total. The van der Waals surface area contributed by atoms with Gasteiger partial charge in [0.25, 0.3) is 0 Å². The van der Waals surface area contributed by atoms with Crippen molar-refractivity contribution in [3.8, 4) is 0 Å². The van der Waals surface area contributed by atoms with Crippen LogP contribution in [0.1, 0.15) is 32.6 Å². The zero-order valence-corrected chi connectivity index (χ0v) is 8.88. The zero-order valence-electron chi connectivity index (χ0n) is 8.88. The van der Waals surface area contributed by atoms with Crippen molar-refractivity contribution in [2.75, 3.05) is 13.1 Å². The Morgan fingerprint density at radius 2 is 2.00 bits per heavy atom. The van der Waals surface area contributed by atoms with Crippen molar-refractivity contribution in [3.63, 3.8) is 0 Å². The summed E-state index contributed by atoms with van der Waals surface area (Å²) in [6.07, 6.45) is 4.95. The molecule has 2 fully saturated rings. The lowest BCUT2D eigenvalue weighted by atomic mass is 10.2. The Labute approximate surface area is 85.6 Å². The second kappa shape index (κ2) is 4.30. The number of nitrogens with one attached hydrogen (secondary N) is 2. The molecule has 0 aromatic heterocycles. The maximum Gasteiger partial charge on any atom is 0.223 e. The maximum atomic E-state index is 11.3. The largest absolute Gasteiger partial charge is 0.355 e. The Morgan fingerprint density at radius 1 is 1.29 bits per heavy atom. The number of hydrogen-bond donors (Lipinski definition) is 2. The van der Waals surface area contributed by atoms with Crippen LogP contribution in [0.5, 0.6) is 0 Å². The fraction of sp³-hybridized carbons (Fsp3) is 0.909. The van der Waals surface area contributed by atoms with Crippen LogP contribution >= 0.6 is 0 Å². The van der Waals surface area contributed by atoms with E-state index in [2.05, 4.69) is 17.6 Å². The predicted molar refractivity (Wildman–Crippen MR) is 55.9 cm³/mol. The maximum absolute atomic E-state index is 11.3. The summed E-state index contributed by atoms with van der Waals surface area (Å²) in [6.45, 7) is 3.93. The summed E-state index contributed by atoms with van der Waals surface area (Å²) in [5.74, 6) is 1.50. The van der Waals surface area contributed by atoms with Gasteiger partial charge in [-0.15, -0.1) is 0 Å². The van der Waals surface area contributed by atoms with Crippen LogP contribution < -0.4 is 10.6 Å². The average molecular weight is 196 g/mol. The molecular weight excluding hydrogens is 176 g/mol. The van der Waals surface area contributed by atoms with Crippen molar-refractivity contribution >= 4 is 5.91 Å². The van der Waals surface area contributed by atoms with Crippen LogP contribution in [0.3, 0.4) is 0 Å². The summed E-state index contributed by atoms with van der Waals surface area (Å²) in [5, 5.41) is 6.40. The molecule has 3 heteroatoms. The van der Waals surface area contributed by atoms with Gasteiger partial charge in [0, 0.05) is 25.0 Å². The first kappa shape index (κ1) is 9.97. The monoisotopic (exact) mass is 196 g/mol. The average Bonchev–Trinajstić information content (AvgIpc) is 3.06. The summed E-state index contributed by atoms with van der Waals surface area (Å²) < 4.78 is 0. The van der Waals surface area contributed by atoms with Crippen molar-refractivity contribution in [2.24, 2.45) is 11.8 Å². The molecule has 0 aliphatic heterocycles. The molecule has 14 heavy (non-hydrogen) atoms. The highest BCUT2D eigenvalue weighted by atomic mass is 16.2. The fourth-order valence-corrected chi connectivity index (χ4v) is 1.74. The molecule has 2 aliphatic carbocycles. The van der Waals surface area contributed by atoms with E-state index in [1.807, 2.05) is 0 Å². The van der Waals surface area contributed by atoms with E-state index < -0.39 is 0 Å². The lowest BCUT2D eigenvalue weighted by molar-refractivity contribution is -0.122. The van der Waals surface area contributed by atoms with Crippen LogP contribution in [0.15, 0.2) is 0 Å². The van der Waals surface area contributed by atoms with Gasteiger partial charge in [0.05, 0.1) is 0 Å². The quantitative estimate of drug-likeness (QED) is 0.620. The molecule has 3 nitrogen and oxygen atoms in total. The first-order valence-corrected chi connectivity index (χ1v) is 5.78. The summed E-state index contributed by atoms with van der Waals surface area (Å²) in [7, 11) is 0. The molecule has 0 radical (unpaired) electrons. The van der Waals surface area contributed by atoms with Gasteiger partial charge >= 0.3 is 0 Å². The molecule has 0 aromatic rings. The van der Waals surface area contributed by atoms with E-state index in [1.165, 1.54) is 12.8 Å². The Morgan fingerprint density at radius 3 is 2.57 bits per heavy atom.